The third kappa shape index (κ3) is 2.95. The van der Waals surface area contributed by atoms with Crippen molar-refractivity contribution in [3.8, 4) is 0 Å². The van der Waals surface area contributed by atoms with E-state index in [-0.39, 0.29) is 18.5 Å². The molecule has 0 bridgehead atoms. The average molecular weight is 271 g/mol. The van der Waals surface area contributed by atoms with Crippen molar-refractivity contribution >= 4 is 17.3 Å². The van der Waals surface area contributed by atoms with E-state index in [4.69, 9.17) is 0 Å². The second-order valence-corrected chi connectivity index (χ2v) is 4.23. The highest BCUT2D eigenvalue weighted by atomic mass is 19.1. The molecule has 1 saturated heterocycles. The maximum Gasteiger partial charge on any atom is 0.275 e. The van der Waals surface area contributed by atoms with E-state index in [9.17, 15) is 23.7 Å². The molecule has 8 heteroatoms. The Kier molecular flexibility index (Phi) is 3.59. The van der Waals surface area contributed by atoms with E-state index < -0.39 is 27.9 Å². The number of hydrogen-bond acceptors (Lipinski definition) is 4. The Morgan fingerprint density at radius 3 is 2.53 bits per heavy atom. The summed E-state index contributed by atoms with van der Waals surface area (Å²) in [5.41, 5.74) is -1.07. The molecule has 1 aliphatic heterocycles. The average Bonchev–Trinajstić information content (AvgIpc) is 2.73. The number of benzene rings is 1. The van der Waals surface area contributed by atoms with E-state index >= 15 is 0 Å². The third-order valence-electron chi connectivity index (χ3n) is 2.85. The number of non-ortho nitro benzene ring substituents is 1. The molecule has 1 aliphatic rings. The van der Waals surface area contributed by atoms with Crippen LogP contribution in [0.3, 0.4) is 0 Å². The summed E-state index contributed by atoms with van der Waals surface area (Å²) in [5, 5.41) is 15.6. The Hall–Kier alpha value is -2.25. The van der Waals surface area contributed by atoms with Gasteiger partial charge in [0.1, 0.15) is 5.69 Å². The number of halogens is 2. The number of hydrogen-bond donors (Lipinski definition) is 2. The molecule has 6 nitrogen and oxygen atoms in total. The van der Waals surface area contributed by atoms with Gasteiger partial charge in [0, 0.05) is 19.0 Å². The number of amides is 1. The van der Waals surface area contributed by atoms with Crippen LogP contribution in [-0.4, -0.2) is 23.4 Å². The standard InChI is InChI=1S/C11H11F2N3O3/c12-8-3-7(16(18)19)4-9(13)11(8)14-5-6-1-2-10(17)15-6/h3-4,6,14H,1-2,5H2,(H,15,17). The summed E-state index contributed by atoms with van der Waals surface area (Å²) in [6.07, 6.45) is 0.972. The van der Waals surface area contributed by atoms with Crippen LogP contribution >= 0.6 is 0 Å². The number of anilines is 1. The van der Waals surface area contributed by atoms with E-state index in [0.29, 0.717) is 25.0 Å². The lowest BCUT2D eigenvalue weighted by molar-refractivity contribution is -0.385. The Bertz CT molecular complexity index is 513. The number of nitrogens with zero attached hydrogens (tertiary/aromatic N) is 1. The SMILES string of the molecule is O=C1CCC(CNc2c(F)cc([N+](=O)[O-])cc2F)N1. The second-order valence-electron chi connectivity index (χ2n) is 4.23. The van der Waals surface area contributed by atoms with Gasteiger partial charge < -0.3 is 10.6 Å². The number of rotatable bonds is 4. The summed E-state index contributed by atoms with van der Waals surface area (Å²) >= 11 is 0. The summed E-state index contributed by atoms with van der Waals surface area (Å²) in [5.74, 6) is -2.16. The van der Waals surface area contributed by atoms with Crippen LogP contribution in [-0.2, 0) is 4.79 Å². The minimum Gasteiger partial charge on any atom is -0.378 e. The van der Waals surface area contributed by atoms with Crippen molar-refractivity contribution in [2.24, 2.45) is 0 Å². The van der Waals surface area contributed by atoms with Gasteiger partial charge in [-0.2, -0.15) is 0 Å². The quantitative estimate of drug-likeness (QED) is 0.643. The zero-order valence-electron chi connectivity index (χ0n) is 9.78. The highest BCUT2D eigenvalue weighted by Gasteiger charge is 2.22. The zero-order chi connectivity index (χ0) is 14.0. The first-order chi connectivity index (χ1) is 8.97. The topological polar surface area (TPSA) is 84.3 Å². The lowest BCUT2D eigenvalue weighted by Gasteiger charge is -2.13. The molecule has 102 valence electrons. The second kappa shape index (κ2) is 5.17. The molecule has 0 spiro atoms. The molecule has 0 radical (unpaired) electrons. The fourth-order valence-electron chi connectivity index (χ4n) is 1.89. The molecule has 0 aromatic heterocycles. The predicted molar refractivity (Wildman–Crippen MR) is 62.7 cm³/mol. The molecule has 1 heterocycles. The summed E-state index contributed by atoms with van der Waals surface area (Å²) in [6, 6.07) is 1.11. The fourth-order valence-corrected chi connectivity index (χ4v) is 1.89. The van der Waals surface area contributed by atoms with Gasteiger partial charge in [-0.3, -0.25) is 14.9 Å². The van der Waals surface area contributed by atoms with Crippen molar-refractivity contribution in [1.29, 1.82) is 0 Å². The van der Waals surface area contributed by atoms with Gasteiger partial charge in [0.25, 0.3) is 5.69 Å². The van der Waals surface area contributed by atoms with Crippen LogP contribution in [0.2, 0.25) is 0 Å². The molecule has 2 N–H and O–H groups in total. The van der Waals surface area contributed by atoms with Crippen LogP contribution in [0.4, 0.5) is 20.2 Å². The summed E-state index contributed by atoms with van der Waals surface area (Å²) < 4.78 is 27.1. The number of carbonyl (C=O) groups is 1. The van der Waals surface area contributed by atoms with Gasteiger partial charge in [0.15, 0.2) is 11.6 Å². The first-order valence-corrected chi connectivity index (χ1v) is 5.64. The van der Waals surface area contributed by atoms with Gasteiger partial charge in [-0.25, -0.2) is 8.78 Å². The van der Waals surface area contributed by atoms with E-state index in [1.165, 1.54) is 0 Å². The maximum absolute atomic E-state index is 13.5. The van der Waals surface area contributed by atoms with Crippen LogP contribution in [0, 0.1) is 21.7 Å². The van der Waals surface area contributed by atoms with E-state index in [1.807, 2.05) is 0 Å². The van der Waals surface area contributed by atoms with Gasteiger partial charge in [-0.05, 0) is 6.42 Å². The molecular formula is C11H11F2N3O3. The smallest absolute Gasteiger partial charge is 0.275 e. The molecule has 1 aromatic carbocycles. The predicted octanol–water partition coefficient (Wildman–Crippen LogP) is 1.56. The lowest BCUT2D eigenvalue weighted by atomic mass is 10.2. The number of nitro benzene ring substituents is 1. The van der Waals surface area contributed by atoms with Crippen molar-refractivity contribution < 1.29 is 18.5 Å². The fraction of sp³-hybridized carbons (Fsp3) is 0.364. The summed E-state index contributed by atoms with van der Waals surface area (Å²) in [6.45, 7) is 0.164. The highest BCUT2D eigenvalue weighted by Crippen LogP contribution is 2.25. The Morgan fingerprint density at radius 1 is 1.42 bits per heavy atom. The summed E-state index contributed by atoms with van der Waals surface area (Å²) in [4.78, 5) is 20.5. The van der Waals surface area contributed by atoms with Crippen LogP contribution < -0.4 is 10.6 Å². The van der Waals surface area contributed by atoms with Crippen molar-refractivity contribution in [2.45, 2.75) is 18.9 Å². The van der Waals surface area contributed by atoms with Crippen molar-refractivity contribution in [2.75, 3.05) is 11.9 Å². The number of carbonyl (C=O) groups excluding carboxylic acids is 1. The molecule has 0 saturated carbocycles. The molecule has 1 atom stereocenters. The Labute approximate surface area is 106 Å². The van der Waals surface area contributed by atoms with Crippen molar-refractivity contribution in [1.82, 2.24) is 5.32 Å². The Morgan fingerprint density at radius 2 is 2.05 bits per heavy atom. The van der Waals surface area contributed by atoms with Gasteiger partial charge in [0.05, 0.1) is 17.1 Å². The van der Waals surface area contributed by atoms with E-state index in [1.54, 1.807) is 0 Å². The number of nitrogens with one attached hydrogen (secondary N) is 2. The van der Waals surface area contributed by atoms with Crippen LogP contribution in [0.15, 0.2) is 12.1 Å². The first kappa shape index (κ1) is 13.2. The van der Waals surface area contributed by atoms with E-state index in [0.717, 1.165) is 0 Å². The van der Waals surface area contributed by atoms with Crippen LogP contribution in [0.25, 0.3) is 0 Å². The molecule has 19 heavy (non-hydrogen) atoms. The van der Waals surface area contributed by atoms with Gasteiger partial charge in [-0.1, -0.05) is 0 Å². The maximum atomic E-state index is 13.5. The molecule has 1 amide bonds. The third-order valence-corrected chi connectivity index (χ3v) is 2.85. The van der Waals surface area contributed by atoms with Crippen LogP contribution in [0.1, 0.15) is 12.8 Å². The number of nitro groups is 1. The lowest BCUT2D eigenvalue weighted by Crippen LogP contribution is -2.32. The Balaban J connectivity index is 2.08. The molecule has 1 aromatic rings. The molecule has 1 unspecified atom stereocenters. The molecule has 1 fully saturated rings. The van der Waals surface area contributed by atoms with E-state index in [2.05, 4.69) is 10.6 Å². The van der Waals surface area contributed by atoms with Gasteiger partial charge >= 0.3 is 0 Å². The molecular weight excluding hydrogens is 260 g/mol. The summed E-state index contributed by atoms with van der Waals surface area (Å²) in [7, 11) is 0. The van der Waals surface area contributed by atoms with Crippen LogP contribution in [0.5, 0.6) is 0 Å². The normalized spacial score (nSPS) is 18.2. The van der Waals surface area contributed by atoms with Crippen molar-refractivity contribution in [3.63, 3.8) is 0 Å². The minimum atomic E-state index is -1.03. The van der Waals surface area contributed by atoms with Gasteiger partial charge in [0.2, 0.25) is 5.91 Å². The molecule has 0 aliphatic carbocycles. The zero-order valence-corrected chi connectivity index (χ0v) is 9.78. The van der Waals surface area contributed by atoms with Crippen molar-refractivity contribution in [3.05, 3.63) is 33.9 Å². The highest BCUT2D eigenvalue weighted by molar-refractivity contribution is 5.78. The molecule has 2 rings (SSSR count). The first-order valence-electron chi connectivity index (χ1n) is 5.64. The minimum absolute atomic E-state index is 0.101. The van der Waals surface area contributed by atoms with Gasteiger partial charge in [-0.15, -0.1) is 0 Å². The monoisotopic (exact) mass is 271 g/mol. The largest absolute Gasteiger partial charge is 0.378 e.